The maximum atomic E-state index is 12.7. The molecule has 0 amide bonds. The Morgan fingerprint density at radius 3 is 2.43 bits per heavy atom. The summed E-state index contributed by atoms with van der Waals surface area (Å²) in [6.45, 7) is 0. The smallest absolute Gasteiger partial charge is 0.198 e. The van der Waals surface area contributed by atoms with E-state index in [-0.39, 0.29) is 5.43 Å². The number of pyridine rings is 2. The zero-order valence-electron chi connectivity index (χ0n) is 12.6. The predicted molar refractivity (Wildman–Crippen MR) is 91.4 cm³/mol. The van der Waals surface area contributed by atoms with Gasteiger partial charge in [0.1, 0.15) is 11.4 Å². The zero-order valence-corrected chi connectivity index (χ0v) is 12.6. The number of methoxy groups -OCH3 is 1. The Balaban J connectivity index is 2.17. The van der Waals surface area contributed by atoms with Crippen LogP contribution in [-0.2, 0) is 0 Å². The number of para-hydroxylation sites is 1. The lowest BCUT2D eigenvalue weighted by molar-refractivity contribution is 0.415. The molecule has 0 unspecified atom stereocenters. The van der Waals surface area contributed by atoms with Gasteiger partial charge >= 0.3 is 0 Å². The van der Waals surface area contributed by atoms with E-state index in [0.29, 0.717) is 16.4 Å². The van der Waals surface area contributed by atoms with Gasteiger partial charge < -0.3 is 4.74 Å². The lowest BCUT2D eigenvalue weighted by Gasteiger charge is -2.14. The van der Waals surface area contributed by atoms with Crippen molar-refractivity contribution in [2.75, 3.05) is 7.11 Å². The Morgan fingerprint density at radius 2 is 1.65 bits per heavy atom. The van der Waals surface area contributed by atoms with Crippen LogP contribution in [0.1, 0.15) is 0 Å². The minimum Gasteiger partial charge on any atom is -0.497 e. The highest BCUT2D eigenvalue weighted by atomic mass is 16.5. The second-order valence-electron chi connectivity index (χ2n) is 5.25. The maximum Gasteiger partial charge on any atom is 0.198 e. The molecule has 2 heterocycles. The summed E-state index contributed by atoms with van der Waals surface area (Å²) in [5.41, 5.74) is 2.44. The molecule has 0 aliphatic rings. The third-order valence-corrected chi connectivity index (χ3v) is 3.96. The molecule has 4 nitrogen and oxygen atoms in total. The van der Waals surface area contributed by atoms with Crippen LogP contribution in [0.25, 0.3) is 27.6 Å². The summed E-state index contributed by atoms with van der Waals surface area (Å²) in [7, 11) is 1.64. The molecule has 0 spiro atoms. The fourth-order valence-corrected chi connectivity index (χ4v) is 2.86. The van der Waals surface area contributed by atoms with Gasteiger partial charge in [0.25, 0.3) is 0 Å². The van der Waals surface area contributed by atoms with Crippen molar-refractivity contribution >= 4 is 21.9 Å². The van der Waals surface area contributed by atoms with Gasteiger partial charge in [0.15, 0.2) is 5.43 Å². The van der Waals surface area contributed by atoms with Crippen molar-refractivity contribution in [2.24, 2.45) is 0 Å². The molecular weight excluding hydrogens is 288 g/mol. The first-order valence-corrected chi connectivity index (χ1v) is 7.32. The first-order valence-electron chi connectivity index (χ1n) is 7.32. The quantitative estimate of drug-likeness (QED) is 0.532. The molecule has 0 N–H and O–H groups in total. The second-order valence-corrected chi connectivity index (χ2v) is 5.25. The molecule has 4 heteroatoms. The molecule has 0 saturated carbocycles. The normalized spacial score (nSPS) is 11.0. The molecule has 0 fully saturated rings. The van der Waals surface area contributed by atoms with E-state index in [2.05, 4.69) is 4.98 Å². The van der Waals surface area contributed by atoms with E-state index in [0.717, 1.165) is 17.0 Å². The summed E-state index contributed by atoms with van der Waals surface area (Å²) in [5, 5.41) is 1.30. The van der Waals surface area contributed by atoms with Gasteiger partial charge in [0, 0.05) is 17.3 Å². The van der Waals surface area contributed by atoms with Crippen LogP contribution in [0.5, 0.6) is 5.75 Å². The lowest BCUT2D eigenvalue weighted by Crippen LogP contribution is -2.11. The molecule has 0 radical (unpaired) electrons. The van der Waals surface area contributed by atoms with Crippen LogP contribution >= 0.6 is 0 Å². The molecule has 0 atom stereocenters. The van der Waals surface area contributed by atoms with E-state index in [1.54, 1.807) is 19.4 Å². The van der Waals surface area contributed by atoms with Crippen molar-refractivity contribution < 1.29 is 4.74 Å². The molecule has 4 rings (SSSR count). The third-order valence-electron chi connectivity index (χ3n) is 3.96. The van der Waals surface area contributed by atoms with E-state index >= 15 is 0 Å². The largest absolute Gasteiger partial charge is 0.497 e. The number of hydrogen-bond acceptors (Lipinski definition) is 3. The third kappa shape index (κ3) is 2.07. The summed E-state index contributed by atoms with van der Waals surface area (Å²) in [5.74, 6) is 0.788. The van der Waals surface area contributed by atoms with E-state index in [9.17, 15) is 4.79 Å². The predicted octanol–water partition coefficient (Wildman–Crippen LogP) is 3.55. The second kappa shape index (κ2) is 5.25. The summed E-state index contributed by atoms with van der Waals surface area (Å²) in [6.07, 6.45) is 1.70. The van der Waals surface area contributed by atoms with Gasteiger partial charge in [-0.3, -0.25) is 9.36 Å². The molecule has 2 aromatic carbocycles. The fraction of sp³-hybridized carbons (Fsp3) is 0.0526. The number of aromatic nitrogens is 2. The zero-order chi connectivity index (χ0) is 15.8. The maximum absolute atomic E-state index is 12.7. The topological polar surface area (TPSA) is 44.1 Å². The number of ether oxygens (including phenoxy) is 1. The average Bonchev–Trinajstić information content (AvgIpc) is 2.63. The highest BCUT2D eigenvalue weighted by molar-refractivity contribution is 5.93. The summed E-state index contributed by atoms with van der Waals surface area (Å²) < 4.78 is 7.23. The van der Waals surface area contributed by atoms with Crippen molar-refractivity contribution in [2.45, 2.75) is 0 Å². The standard InChI is InChI=1S/C19H14N2O2/c1-23-14-10-8-13(9-11-14)21-17-7-3-2-5-15(17)18(22)16-6-4-12-20-19(16)21/h2-12H,1H3. The van der Waals surface area contributed by atoms with Crippen molar-refractivity contribution in [3.05, 3.63) is 77.1 Å². The van der Waals surface area contributed by atoms with Crippen LogP contribution in [-0.4, -0.2) is 16.7 Å². The van der Waals surface area contributed by atoms with Crippen LogP contribution in [0.15, 0.2) is 71.7 Å². The Labute approximate surface area is 132 Å². The highest BCUT2D eigenvalue weighted by Gasteiger charge is 2.12. The lowest BCUT2D eigenvalue weighted by atomic mass is 10.1. The van der Waals surface area contributed by atoms with Gasteiger partial charge in [0.2, 0.25) is 0 Å². The van der Waals surface area contributed by atoms with Crippen LogP contribution < -0.4 is 10.2 Å². The molecule has 0 aliphatic heterocycles. The minimum absolute atomic E-state index is 0.00783. The molecule has 23 heavy (non-hydrogen) atoms. The monoisotopic (exact) mass is 302 g/mol. The van der Waals surface area contributed by atoms with Crippen molar-refractivity contribution in [1.29, 1.82) is 0 Å². The summed E-state index contributed by atoms with van der Waals surface area (Å²) in [4.78, 5) is 17.1. The van der Waals surface area contributed by atoms with Crippen LogP contribution in [0.2, 0.25) is 0 Å². The van der Waals surface area contributed by atoms with E-state index in [4.69, 9.17) is 4.74 Å². The first kappa shape index (κ1) is 13.5. The Kier molecular flexibility index (Phi) is 3.08. The van der Waals surface area contributed by atoms with Crippen LogP contribution in [0.3, 0.4) is 0 Å². The van der Waals surface area contributed by atoms with E-state index < -0.39 is 0 Å². The molecule has 4 aromatic rings. The molecule has 0 bridgehead atoms. The van der Waals surface area contributed by atoms with Gasteiger partial charge in [-0.25, -0.2) is 4.98 Å². The summed E-state index contributed by atoms with van der Waals surface area (Å²) >= 11 is 0. The van der Waals surface area contributed by atoms with Gasteiger partial charge in [-0.15, -0.1) is 0 Å². The number of hydrogen-bond donors (Lipinski definition) is 0. The number of nitrogens with zero attached hydrogens (tertiary/aromatic N) is 2. The van der Waals surface area contributed by atoms with E-state index in [1.807, 2.05) is 59.2 Å². The molecule has 112 valence electrons. The SMILES string of the molecule is COc1ccc(-n2c3ccccc3c(=O)c3cccnc32)cc1. The van der Waals surface area contributed by atoms with E-state index in [1.165, 1.54) is 0 Å². The van der Waals surface area contributed by atoms with Crippen molar-refractivity contribution in [3.63, 3.8) is 0 Å². The minimum atomic E-state index is 0.00783. The fourth-order valence-electron chi connectivity index (χ4n) is 2.86. The van der Waals surface area contributed by atoms with Gasteiger partial charge in [0.05, 0.1) is 18.0 Å². The number of rotatable bonds is 2. The Hall–Kier alpha value is -3.14. The first-order chi connectivity index (χ1) is 11.3. The van der Waals surface area contributed by atoms with Crippen molar-refractivity contribution in [3.8, 4) is 11.4 Å². The average molecular weight is 302 g/mol. The highest BCUT2D eigenvalue weighted by Crippen LogP contribution is 2.23. The Bertz CT molecular complexity index is 1010. The van der Waals surface area contributed by atoms with Gasteiger partial charge in [-0.2, -0.15) is 0 Å². The molecule has 2 aromatic heterocycles. The summed E-state index contributed by atoms with van der Waals surface area (Å²) in [6, 6.07) is 18.9. The van der Waals surface area contributed by atoms with Crippen molar-refractivity contribution in [1.82, 2.24) is 9.55 Å². The molecule has 0 aliphatic carbocycles. The van der Waals surface area contributed by atoms with Crippen LogP contribution in [0.4, 0.5) is 0 Å². The molecule has 0 saturated heterocycles. The number of benzene rings is 2. The van der Waals surface area contributed by atoms with Gasteiger partial charge in [-0.05, 0) is 48.5 Å². The Morgan fingerprint density at radius 1 is 0.913 bits per heavy atom. The van der Waals surface area contributed by atoms with Gasteiger partial charge in [-0.1, -0.05) is 12.1 Å². The van der Waals surface area contributed by atoms with Crippen LogP contribution in [0, 0.1) is 0 Å². The number of fused-ring (bicyclic) bond motifs is 2. The molecular formula is C19H14N2O2.